The van der Waals surface area contributed by atoms with E-state index in [4.69, 9.17) is 0 Å². The third kappa shape index (κ3) is 1.67. The summed E-state index contributed by atoms with van der Waals surface area (Å²) in [4.78, 5) is 4.62. The van der Waals surface area contributed by atoms with Crippen molar-refractivity contribution < 1.29 is 0 Å². The number of hydrogen-bond acceptors (Lipinski definition) is 2. The number of aryl methyl sites for hydroxylation is 1. The second kappa shape index (κ2) is 3.70. The molecule has 3 nitrogen and oxygen atoms in total. The second-order valence-electron chi connectivity index (χ2n) is 4.17. The summed E-state index contributed by atoms with van der Waals surface area (Å²) in [5.74, 6) is 2.57. The Hall–Kier alpha value is -1.16. The van der Waals surface area contributed by atoms with Gasteiger partial charge in [0.05, 0.1) is 0 Å². The first-order valence-electron chi connectivity index (χ1n) is 5.41. The first-order valence-corrected chi connectivity index (χ1v) is 6.21. The third-order valence-corrected chi connectivity index (χ3v) is 3.55. The van der Waals surface area contributed by atoms with Crippen LogP contribution in [0.5, 0.6) is 0 Å². The average Bonchev–Trinajstić information content (AvgIpc) is 3.03. The lowest BCUT2D eigenvalue weighted by Crippen LogP contribution is -1.96. The first kappa shape index (κ1) is 10.0. The maximum atomic E-state index is 4.62. The smallest absolute Gasteiger partial charge is 0.182 e. The molecule has 3 rings (SSSR count). The van der Waals surface area contributed by atoms with E-state index in [9.17, 15) is 0 Å². The molecule has 0 unspecified atom stereocenters. The predicted molar refractivity (Wildman–Crippen MR) is 66.1 cm³/mol. The Morgan fingerprint density at radius 3 is 2.75 bits per heavy atom. The fraction of sp³-hybridized carbons (Fsp3) is 0.333. The zero-order chi connectivity index (χ0) is 11.1. The highest BCUT2D eigenvalue weighted by molar-refractivity contribution is 9.10. The van der Waals surface area contributed by atoms with E-state index in [1.807, 2.05) is 36.0 Å². The summed E-state index contributed by atoms with van der Waals surface area (Å²) >= 11 is 3.53. The molecular formula is C12H12BrN3. The minimum atomic E-state index is 0.633. The maximum Gasteiger partial charge on any atom is 0.182 e. The van der Waals surface area contributed by atoms with E-state index in [0.717, 1.165) is 21.7 Å². The van der Waals surface area contributed by atoms with Crippen molar-refractivity contribution in [2.45, 2.75) is 18.8 Å². The van der Waals surface area contributed by atoms with Gasteiger partial charge in [0.1, 0.15) is 5.82 Å². The van der Waals surface area contributed by atoms with Crippen LogP contribution >= 0.6 is 15.9 Å². The van der Waals surface area contributed by atoms with Gasteiger partial charge >= 0.3 is 0 Å². The molecule has 0 saturated heterocycles. The standard InChI is InChI=1S/C12H12BrN3/c1-16-12(8-6-7-8)14-11(15-16)9-4-2-3-5-10(9)13/h2-5,8H,6-7H2,1H3. The Morgan fingerprint density at radius 2 is 2.06 bits per heavy atom. The molecule has 0 spiro atoms. The van der Waals surface area contributed by atoms with Crippen molar-refractivity contribution in [2.75, 3.05) is 0 Å². The Labute approximate surface area is 103 Å². The Bertz CT molecular complexity index is 529. The summed E-state index contributed by atoms with van der Waals surface area (Å²) in [6.07, 6.45) is 2.50. The highest BCUT2D eigenvalue weighted by Crippen LogP contribution is 2.39. The quantitative estimate of drug-likeness (QED) is 0.845. The molecule has 0 radical (unpaired) electrons. The molecule has 82 valence electrons. The fourth-order valence-corrected chi connectivity index (χ4v) is 2.31. The second-order valence-corrected chi connectivity index (χ2v) is 5.03. The number of hydrogen-bond donors (Lipinski definition) is 0. The van der Waals surface area contributed by atoms with Gasteiger partial charge in [0.2, 0.25) is 0 Å². The van der Waals surface area contributed by atoms with Crippen LogP contribution in [-0.4, -0.2) is 14.8 Å². The minimum absolute atomic E-state index is 0.633. The van der Waals surface area contributed by atoms with Crippen LogP contribution < -0.4 is 0 Å². The molecule has 1 aliphatic carbocycles. The molecule has 1 aromatic heterocycles. The molecule has 2 aromatic rings. The van der Waals surface area contributed by atoms with Crippen molar-refractivity contribution in [3.05, 3.63) is 34.6 Å². The Balaban J connectivity index is 2.06. The van der Waals surface area contributed by atoms with Crippen LogP contribution in [0.3, 0.4) is 0 Å². The van der Waals surface area contributed by atoms with Gasteiger partial charge < -0.3 is 0 Å². The number of aromatic nitrogens is 3. The lowest BCUT2D eigenvalue weighted by atomic mass is 10.2. The number of rotatable bonds is 2. The van der Waals surface area contributed by atoms with Gasteiger partial charge in [-0.15, -0.1) is 0 Å². The van der Waals surface area contributed by atoms with E-state index in [1.54, 1.807) is 0 Å². The van der Waals surface area contributed by atoms with Gasteiger partial charge in [-0.05, 0) is 25.0 Å². The van der Waals surface area contributed by atoms with E-state index in [-0.39, 0.29) is 0 Å². The van der Waals surface area contributed by atoms with Gasteiger partial charge in [-0.1, -0.05) is 28.1 Å². The molecule has 0 atom stereocenters. The van der Waals surface area contributed by atoms with Gasteiger partial charge in [0.15, 0.2) is 5.82 Å². The van der Waals surface area contributed by atoms with Crippen LogP contribution in [0.15, 0.2) is 28.7 Å². The van der Waals surface area contributed by atoms with E-state index < -0.39 is 0 Å². The normalized spacial score (nSPS) is 15.4. The molecule has 4 heteroatoms. The molecule has 1 aromatic carbocycles. The topological polar surface area (TPSA) is 30.7 Å². The van der Waals surface area contributed by atoms with E-state index in [2.05, 4.69) is 26.0 Å². The van der Waals surface area contributed by atoms with E-state index in [1.165, 1.54) is 12.8 Å². The summed E-state index contributed by atoms with van der Waals surface area (Å²) < 4.78 is 2.95. The SMILES string of the molecule is Cn1nc(-c2ccccc2Br)nc1C1CC1. The molecule has 16 heavy (non-hydrogen) atoms. The molecule has 0 bridgehead atoms. The number of benzene rings is 1. The molecule has 0 N–H and O–H groups in total. The summed E-state index contributed by atoms with van der Waals surface area (Å²) in [6.45, 7) is 0. The van der Waals surface area contributed by atoms with Crippen molar-refractivity contribution in [3.63, 3.8) is 0 Å². The fourth-order valence-electron chi connectivity index (χ4n) is 1.85. The van der Waals surface area contributed by atoms with Crippen molar-refractivity contribution >= 4 is 15.9 Å². The largest absolute Gasteiger partial charge is 0.252 e. The summed E-state index contributed by atoms with van der Waals surface area (Å²) in [6, 6.07) is 8.06. The van der Waals surface area contributed by atoms with Gasteiger partial charge in [-0.3, -0.25) is 4.68 Å². The lowest BCUT2D eigenvalue weighted by molar-refractivity contribution is 0.705. The Kier molecular flexibility index (Phi) is 2.32. The maximum absolute atomic E-state index is 4.62. The van der Waals surface area contributed by atoms with Gasteiger partial charge in [0.25, 0.3) is 0 Å². The summed E-state index contributed by atoms with van der Waals surface area (Å²) in [7, 11) is 1.97. The van der Waals surface area contributed by atoms with Crippen molar-refractivity contribution in [3.8, 4) is 11.4 Å². The molecule has 1 heterocycles. The molecule has 0 aliphatic heterocycles. The van der Waals surface area contributed by atoms with E-state index in [0.29, 0.717) is 5.92 Å². The van der Waals surface area contributed by atoms with Crippen LogP contribution in [0.2, 0.25) is 0 Å². The molecule has 0 amide bonds. The van der Waals surface area contributed by atoms with Gasteiger partial charge in [-0.2, -0.15) is 5.10 Å². The summed E-state index contributed by atoms with van der Waals surface area (Å²) in [5.41, 5.74) is 1.06. The average molecular weight is 278 g/mol. The number of halogens is 1. The lowest BCUT2D eigenvalue weighted by Gasteiger charge is -1.97. The van der Waals surface area contributed by atoms with Crippen LogP contribution in [0.1, 0.15) is 24.6 Å². The monoisotopic (exact) mass is 277 g/mol. The van der Waals surface area contributed by atoms with Crippen LogP contribution in [0.4, 0.5) is 0 Å². The zero-order valence-corrected chi connectivity index (χ0v) is 10.6. The van der Waals surface area contributed by atoms with Crippen molar-refractivity contribution in [1.29, 1.82) is 0 Å². The predicted octanol–water partition coefficient (Wildman–Crippen LogP) is 3.12. The highest BCUT2D eigenvalue weighted by Gasteiger charge is 2.29. The minimum Gasteiger partial charge on any atom is -0.252 e. The van der Waals surface area contributed by atoms with Crippen LogP contribution in [0, 0.1) is 0 Å². The number of nitrogens with zero attached hydrogens (tertiary/aromatic N) is 3. The molecule has 1 saturated carbocycles. The first-order chi connectivity index (χ1) is 7.75. The van der Waals surface area contributed by atoms with Gasteiger partial charge in [0, 0.05) is 23.0 Å². The van der Waals surface area contributed by atoms with Crippen molar-refractivity contribution in [1.82, 2.24) is 14.8 Å². The van der Waals surface area contributed by atoms with Gasteiger partial charge in [-0.25, -0.2) is 4.98 Å². The third-order valence-electron chi connectivity index (χ3n) is 2.85. The van der Waals surface area contributed by atoms with Crippen LogP contribution in [-0.2, 0) is 7.05 Å². The van der Waals surface area contributed by atoms with E-state index >= 15 is 0 Å². The summed E-state index contributed by atoms with van der Waals surface area (Å²) in [5, 5.41) is 4.48. The highest BCUT2D eigenvalue weighted by atomic mass is 79.9. The zero-order valence-electron chi connectivity index (χ0n) is 9.02. The molecule has 1 fully saturated rings. The Morgan fingerprint density at radius 1 is 1.31 bits per heavy atom. The van der Waals surface area contributed by atoms with Crippen molar-refractivity contribution in [2.24, 2.45) is 7.05 Å². The molecule has 1 aliphatic rings. The molecular weight excluding hydrogens is 266 g/mol. The van der Waals surface area contributed by atoms with Crippen LogP contribution in [0.25, 0.3) is 11.4 Å².